The number of rotatable bonds is 2. The van der Waals surface area contributed by atoms with Gasteiger partial charge in [-0.25, -0.2) is 0 Å². The number of fused-ring (bicyclic) bond motifs is 2. The van der Waals surface area contributed by atoms with Crippen LogP contribution in [0.1, 0.15) is 51.9 Å². The van der Waals surface area contributed by atoms with Crippen molar-refractivity contribution in [3.8, 4) is 0 Å². The zero-order valence-electron chi connectivity index (χ0n) is 11.4. The van der Waals surface area contributed by atoms with Crippen LogP contribution in [0.4, 0.5) is 0 Å². The molecule has 3 aliphatic rings. The van der Waals surface area contributed by atoms with E-state index in [2.05, 4.69) is 4.90 Å². The molecular formula is C15H25NO2. The lowest BCUT2D eigenvalue weighted by molar-refractivity contribution is -0.154. The predicted molar refractivity (Wildman–Crippen MR) is 70.2 cm³/mol. The van der Waals surface area contributed by atoms with Crippen molar-refractivity contribution < 1.29 is 9.53 Å². The van der Waals surface area contributed by atoms with Crippen LogP contribution >= 0.6 is 0 Å². The molecule has 18 heavy (non-hydrogen) atoms. The molecule has 0 radical (unpaired) electrons. The number of esters is 1. The zero-order valence-corrected chi connectivity index (χ0v) is 11.4. The third-order valence-electron chi connectivity index (χ3n) is 5.25. The van der Waals surface area contributed by atoms with Gasteiger partial charge in [-0.2, -0.15) is 0 Å². The fraction of sp³-hybridized carbons (Fsp3) is 0.933. The summed E-state index contributed by atoms with van der Waals surface area (Å²) in [5.74, 6) is 1.18. The lowest BCUT2D eigenvalue weighted by Crippen LogP contribution is -2.49. The highest BCUT2D eigenvalue weighted by atomic mass is 16.5. The smallest absolute Gasteiger partial charge is 0.302 e. The Morgan fingerprint density at radius 2 is 1.78 bits per heavy atom. The summed E-state index contributed by atoms with van der Waals surface area (Å²) in [6.07, 6.45) is 9.45. The Morgan fingerprint density at radius 1 is 1.06 bits per heavy atom. The maximum atomic E-state index is 11.3. The molecule has 0 amide bonds. The lowest BCUT2D eigenvalue weighted by atomic mass is 9.80. The van der Waals surface area contributed by atoms with E-state index in [9.17, 15) is 4.79 Å². The number of hydrogen-bond acceptors (Lipinski definition) is 3. The van der Waals surface area contributed by atoms with E-state index < -0.39 is 0 Å². The van der Waals surface area contributed by atoms with Gasteiger partial charge in [-0.1, -0.05) is 6.42 Å². The van der Waals surface area contributed by atoms with E-state index in [-0.39, 0.29) is 12.1 Å². The van der Waals surface area contributed by atoms with Crippen LogP contribution in [0.15, 0.2) is 0 Å². The first-order valence-electron chi connectivity index (χ1n) is 7.67. The molecule has 102 valence electrons. The number of piperidine rings is 1. The SMILES string of the molecule is CC(=O)O[C@@H]1[C@@H]2CC[C@H]1[C@@H](N1CCCCC1)CC2. The molecule has 0 N–H and O–H groups in total. The Morgan fingerprint density at radius 3 is 2.50 bits per heavy atom. The summed E-state index contributed by atoms with van der Waals surface area (Å²) < 4.78 is 5.63. The van der Waals surface area contributed by atoms with Gasteiger partial charge in [-0.05, 0) is 57.5 Å². The molecule has 1 heterocycles. The lowest BCUT2D eigenvalue weighted by Gasteiger charge is -2.43. The summed E-state index contributed by atoms with van der Waals surface area (Å²) in [5.41, 5.74) is 0. The maximum absolute atomic E-state index is 11.3. The van der Waals surface area contributed by atoms with Crippen LogP contribution in [0.5, 0.6) is 0 Å². The Hall–Kier alpha value is -0.570. The molecule has 1 saturated heterocycles. The molecule has 4 atom stereocenters. The van der Waals surface area contributed by atoms with Gasteiger partial charge in [0.1, 0.15) is 6.10 Å². The van der Waals surface area contributed by atoms with E-state index in [0.29, 0.717) is 17.9 Å². The van der Waals surface area contributed by atoms with E-state index in [1.807, 2.05) is 0 Å². The second kappa shape index (κ2) is 5.20. The van der Waals surface area contributed by atoms with Crippen LogP contribution in [0.3, 0.4) is 0 Å². The molecule has 2 bridgehead atoms. The quantitative estimate of drug-likeness (QED) is 0.707. The van der Waals surface area contributed by atoms with Gasteiger partial charge in [-0.15, -0.1) is 0 Å². The highest BCUT2D eigenvalue weighted by Crippen LogP contribution is 2.46. The fourth-order valence-electron chi connectivity index (χ4n) is 4.48. The van der Waals surface area contributed by atoms with Gasteiger partial charge in [0.2, 0.25) is 0 Å². The average Bonchev–Trinajstić information content (AvgIpc) is 2.62. The number of nitrogens with zero attached hydrogens (tertiary/aromatic N) is 1. The van der Waals surface area contributed by atoms with Gasteiger partial charge in [-0.3, -0.25) is 9.69 Å². The number of carbonyl (C=O) groups excluding carboxylic acids is 1. The monoisotopic (exact) mass is 251 g/mol. The van der Waals surface area contributed by atoms with Crippen molar-refractivity contribution in [3.05, 3.63) is 0 Å². The van der Waals surface area contributed by atoms with Crippen molar-refractivity contribution in [3.63, 3.8) is 0 Å². The first-order chi connectivity index (χ1) is 8.75. The minimum atomic E-state index is -0.0869. The van der Waals surface area contributed by atoms with Gasteiger partial charge in [0.25, 0.3) is 0 Å². The second-order valence-electron chi connectivity index (χ2n) is 6.32. The van der Waals surface area contributed by atoms with Crippen molar-refractivity contribution in [2.24, 2.45) is 11.8 Å². The molecule has 0 spiro atoms. The van der Waals surface area contributed by atoms with E-state index in [1.165, 1.54) is 58.0 Å². The van der Waals surface area contributed by atoms with Crippen LogP contribution in [-0.4, -0.2) is 36.1 Å². The van der Waals surface area contributed by atoms with Crippen molar-refractivity contribution in [1.82, 2.24) is 4.90 Å². The highest BCUT2D eigenvalue weighted by molar-refractivity contribution is 5.66. The van der Waals surface area contributed by atoms with Crippen LogP contribution in [0.25, 0.3) is 0 Å². The van der Waals surface area contributed by atoms with Gasteiger partial charge in [0, 0.05) is 18.9 Å². The normalized spacial score (nSPS) is 40.7. The van der Waals surface area contributed by atoms with Crippen molar-refractivity contribution in [2.45, 2.75) is 64.0 Å². The molecule has 3 nitrogen and oxygen atoms in total. The van der Waals surface area contributed by atoms with Crippen molar-refractivity contribution in [1.29, 1.82) is 0 Å². The summed E-state index contributed by atoms with van der Waals surface area (Å²) in [5, 5.41) is 0. The van der Waals surface area contributed by atoms with E-state index in [0.717, 1.165) is 0 Å². The van der Waals surface area contributed by atoms with E-state index in [4.69, 9.17) is 4.74 Å². The number of hydrogen-bond donors (Lipinski definition) is 0. The Kier molecular flexibility index (Phi) is 3.60. The molecule has 2 aliphatic carbocycles. The Labute approximate surface area is 110 Å². The zero-order chi connectivity index (χ0) is 12.5. The minimum Gasteiger partial charge on any atom is -0.462 e. The maximum Gasteiger partial charge on any atom is 0.302 e. The summed E-state index contributed by atoms with van der Waals surface area (Å²) in [6.45, 7) is 4.08. The highest BCUT2D eigenvalue weighted by Gasteiger charge is 2.47. The molecule has 0 unspecified atom stereocenters. The molecule has 3 rings (SSSR count). The van der Waals surface area contributed by atoms with E-state index in [1.54, 1.807) is 6.92 Å². The summed E-state index contributed by atoms with van der Waals surface area (Å²) in [6, 6.07) is 0.688. The topological polar surface area (TPSA) is 29.5 Å². The Balaban J connectivity index is 1.70. The molecule has 0 aromatic heterocycles. The molecule has 0 aromatic rings. The molecular weight excluding hydrogens is 226 g/mol. The first-order valence-corrected chi connectivity index (χ1v) is 7.67. The third kappa shape index (κ3) is 2.29. The van der Waals surface area contributed by atoms with Crippen molar-refractivity contribution in [2.75, 3.05) is 13.1 Å². The predicted octanol–water partition coefficient (Wildman–Crippen LogP) is 2.59. The Bertz CT molecular complexity index is 312. The van der Waals surface area contributed by atoms with Crippen LogP contribution in [-0.2, 0) is 9.53 Å². The molecule has 3 heteroatoms. The summed E-state index contributed by atoms with van der Waals surface area (Å²) in [4.78, 5) is 14.0. The average molecular weight is 251 g/mol. The van der Waals surface area contributed by atoms with Gasteiger partial charge in [0.05, 0.1) is 0 Å². The molecule has 3 fully saturated rings. The largest absolute Gasteiger partial charge is 0.462 e. The number of carbonyl (C=O) groups is 1. The standard InChI is InChI=1S/C15H25NO2/c1-11(17)18-15-12-5-7-13(15)14(8-6-12)16-9-3-2-4-10-16/h12-15H,2-10H2,1H3/t12-,13+,14+,15-/m1/s1. The fourth-order valence-corrected chi connectivity index (χ4v) is 4.48. The summed E-state index contributed by atoms with van der Waals surface area (Å²) in [7, 11) is 0. The van der Waals surface area contributed by atoms with Gasteiger partial charge in [0.15, 0.2) is 0 Å². The van der Waals surface area contributed by atoms with Crippen LogP contribution in [0.2, 0.25) is 0 Å². The molecule has 2 saturated carbocycles. The number of likely N-dealkylation sites (tertiary alicyclic amines) is 1. The first kappa shape index (κ1) is 12.5. The third-order valence-corrected chi connectivity index (χ3v) is 5.25. The molecule has 0 aromatic carbocycles. The number of ether oxygens (including phenoxy) is 1. The van der Waals surface area contributed by atoms with Gasteiger partial charge >= 0.3 is 5.97 Å². The van der Waals surface area contributed by atoms with Crippen LogP contribution < -0.4 is 0 Å². The van der Waals surface area contributed by atoms with Crippen LogP contribution in [0, 0.1) is 11.8 Å². The summed E-state index contributed by atoms with van der Waals surface area (Å²) >= 11 is 0. The van der Waals surface area contributed by atoms with E-state index >= 15 is 0 Å². The second-order valence-corrected chi connectivity index (χ2v) is 6.32. The van der Waals surface area contributed by atoms with Gasteiger partial charge < -0.3 is 4.74 Å². The van der Waals surface area contributed by atoms with Crippen molar-refractivity contribution >= 4 is 5.97 Å². The molecule has 1 aliphatic heterocycles. The minimum absolute atomic E-state index is 0.0869.